The largest absolute Gasteiger partial charge is 0.330 e. The highest BCUT2D eigenvalue weighted by atomic mass is 79.9. The molecule has 0 aromatic heterocycles. The molecule has 1 aromatic rings. The van der Waals surface area contributed by atoms with Crippen LogP contribution in [0.15, 0.2) is 22.7 Å². The fourth-order valence-corrected chi connectivity index (χ4v) is 3.15. The third kappa shape index (κ3) is 2.11. The van der Waals surface area contributed by atoms with Gasteiger partial charge in [0.2, 0.25) is 0 Å². The molecular weight excluding hydrogens is 250 g/mol. The van der Waals surface area contributed by atoms with Gasteiger partial charge in [0.1, 0.15) is 0 Å². The summed E-state index contributed by atoms with van der Waals surface area (Å²) in [6, 6.07) is 6.69. The van der Waals surface area contributed by atoms with Crippen molar-refractivity contribution >= 4 is 15.9 Å². The van der Waals surface area contributed by atoms with E-state index >= 15 is 0 Å². The van der Waals surface area contributed by atoms with E-state index < -0.39 is 0 Å². The van der Waals surface area contributed by atoms with E-state index in [9.17, 15) is 0 Å². The van der Waals surface area contributed by atoms with E-state index in [1.807, 2.05) is 0 Å². The topological polar surface area (TPSA) is 26.0 Å². The second-order valence-corrected chi connectivity index (χ2v) is 5.31. The molecule has 82 valence electrons. The molecule has 1 aromatic carbocycles. The Morgan fingerprint density at radius 3 is 2.93 bits per heavy atom. The normalized spacial score (nSPS) is 25.0. The zero-order chi connectivity index (χ0) is 10.8. The van der Waals surface area contributed by atoms with Crippen LogP contribution in [0.5, 0.6) is 0 Å². The van der Waals surface area contributed by atoms with Gasteiger partial charge < -0.3 is 5.73 Å². The van der Waals surface area contributed by atoms with Crippen LogP contribution < -0.4 is 5.73 Å². The summed E-state index contributed by atoms with van der Waals surface area (Å²) < 4.78 is 1.19. The van der Waals surface area contributed by atoms with E-state index in [1.165, 1.54) is 34.9 Å². The molecular formula is C13H18BrN. The van der Waals surface area contributed by atoms with Crippen molar-refractivity contribution in [2.75, 3.05) is 6.54 Å². The van der Waals surface area contributed by atoms with E-state index in [-0.39, 0.29) is 0 Å². The summed E-state index contributed by atoms with van der Waals surface area (Å²) in [7, 11) is 0. The minimum Gasteiger partial charge on any atom is -0.330 e. The lowest BCUT2D eigenvalue weighted by Crippen LogP contribution is -2.26. The molecule has 0 heterocycles. The summed E-state index contributed by atoms with van der Waals surface area (Å²) in [5.41, 5.74) is 8.90. The van der Waals surface area contributed by atoms with Gasteiger partial charge in [-0.15, -0.1) is 0 Å². The molecule has 2 atom stereocenters. The van der Waals surface area contributed by atoms with Crippen LogP contribution in [0.2, 0.25) is 0 Å². The van der Waals surface area contributed by atoms with Crippen LogP contribution in [0.25, 0.3) is 0 Å². The lowest BCUT2D eigenvalue weighted by Gasteiger charge is -2.32. The van der Waals surface area contributed by atoms with Gasteiger partial charge in [0.15, 0.2) is 0 Å². The second kappa shape index (κ2) is 4.67. The number of hydrogen-bond acceptors (Lipinski definition) is 1. The van der Waals surface area contributed by atoms with Gasteiger partial charge in [-0.2, -0.15) is 0 Å². The monoisotopic (exact) mass is 267 g/mol. The smallest absolute Gasteiger partial charge is 0.0178 e. The molecule has 2 N–H and O–H groups in total. The third-order valence-electron chi connectivity index (χ3n) is 3.60. The first-order valence-corrected chi connectivity index (χ1v) is 6.54. The number of benzene rings is 1. The van der Waals surface area contributed by atoms with Crippen molar-refractivity contribution in [1.82, 2.24) is 0 Å². The molecule has 2 rings (SSSR count). The van der Waals surface area contributed by atoms with Crippen molar-refractivity contribution in [3.8, 4) is 0 Å². The van der Waals surface area contributed by atoms with Gasteiger partial charge in [0.25, 0.3) is 0 Å². The first-order chi connectivity index (χ1) is 7.26. The third-order valence-corrected chi connectivity index (χ3v) is 4.10. The highest BCUT2D eigenvalue weighted by molar-refractivity contribution is 9.10. The van der Waals surface area contributed by atoms with Crippen molar-refractivity contribution in [3.63, 3.8) is 0 Å². The molecule has 0 radical (unpaired) electrons. The first-order valence-electron chi connectivity index (χ1n) is 5.74. The van der Waals surface area contributed by atoms with Gasteiger partial charge in [0.05, 0.1) is 0 Å². The van der Waals surface area contributed by atoms with Crippen molar-refractivity contribution in [2.24, 2.45) is 11.7 Å². The minimum absolute atomic E-state index is 0.663. The van der Waals surface area contributed by atoms with Gasteiger partial charge in [-0.25, -0.2) is 0 Å². The maximum atomic E-state index is 5.85. The SMILES string of the molecule is CCC1c2cc(Br)ccc2CCC1CN. The van der Waals surface area contributed by atoms with E-state index in [1.54, 1.807) is 0 Å². The van der Waals surface area contributed by atoms with Crippen LogP contribution in [-0.4, -0.2) is 6.54 Å². The highest BCUT2D eigenvalue weighted by Crippen LogP contribution is 2.38. The van der Waals surface area contributed by atoms with Crippen molar-refractivity contribution in [2.45, 2.75) is 32.1 Å². The predicted molar refractivity (Wildman–Crippen MR) is 68.0 cm³/mol. The Kier molecular flexibility index (Phi) is 3.47. The van der Waals surface area contributed by atoms with Crippen LogP contribution in [0, 0.1) is 5.92 Å². The summed E-state index contributed by atoms with van der Waals surface area (Å²) in [5, 5.41) is 0. The van der Waals surface area contributed by atoms with E-state index in [2.05, 4.69) is 41.1 Å². The predicted octanol–water partition coefficient (Wildman–Crippen LogP) is 3.46. The molecule has 0 fully saturated rings. The van der Waals surface area contributed by atoms with Crippen LogP contribution in [0.3, 0.4) is 0 Å². The molecule has 0 amide bonds. The standard InChI is InChI=1S/C13H18BrN/c1-2-12-10(8-15)4-3-9-5-6-11(14)7-13(9)12/h5-7,10,12H,2-4,8,15H2,1H3. The Hall–Kier alpha value is -0.340. The summed E-state index contributed by atoms with van der Waals surface area (Å²) in [5.74, 6) is 1.34. The summed E-state index contributed by atoms with van der Waals surface area (Å²) in [6.07, 6.45) is 3.65. The number of fused-ring (bicyclic) bond motifs is 1. The number of halogens is 1. The maximum absolute atomic E-state index is 5.85. The molecule has 0 saturated carbocycles. The van der Waals surface area contributed by atoms with Crippen LogP contribution in [0.4, 0.5) is 0 Å². The van der Waals surface area contributed by atoms with Gasteiger partial charge in [-0.1, -0.05) is 28.9 Å². The molecule has 0 aliphatic heterocycles. The number of aryl methyl sites for hydroxylation is 1. The lowest BCUT2D eigenvalue weighted by atomic mass is 9.74. The summed E-state index contributed by atoms with van der Waals surface area (Å²) in [4.78, 5) is 0. The zero-order valence-corrected chi connectivity index (χ0v) is 10.8. The molecule has 1 aliphatic carbocycles. The maximum Gasteiger partial charge on any atom is 0.0178 e. The minimum atomic E-state index is 0.663. The van der Waals surface area contributed by atoms with Crippen LogP contribution >= 0.6 is 15.9 Å². The van der Waals surface area contributed by atoms with Crippen molar-refractivity contribution in [1.29, 1.82) is 0 Å². The van der Waals surface area contributed by atoms with Gasteiger partial charge >= 0.3 is 0 Å². The molecule has 2 unspecified atom stereocenters. The van der Waals surface area contributed by atoms with E-state index in [0.717, 1.165) is 6.54 Å². The quantitative estimate of drug-likeness (QED) is 0.873. The average molecular weight is 268 g/mol. The molecule has 15 heavy (non-hydrogen) atoms. The highest BCUT2D eigenvalue weighted by Gasteiger charge is 2.27. The Morgan fingerprint density at radius 2 is 2.27 bits per heavy atom. The summed E-state index contributed by atoms with van der Waals surface area (Å²) >= 11 is 3.56. The molecule has 1 nitrogen and oxygen atoms in total. The Bertz CT molecular complexity index is 348. The van der Waals surface area contributed by atoms with Crippen LogP contribution in [0.1, 0.15) is 36.8 Å². The fourth-order valence-electron chi connectivity index (χ4n) is 2.77. The second-order valence-electron chi connectivity index (χ2n) is 4.39. The van der Waals surface area contributed by atoms with Crippen molar-refractivity contribution in [3.05, 3.63) is 33.8 Å². The van der Waals surface area contributed by atoms with Gasteiger partial charge in [-0.3, -0.25) is 0 Å². The Balaban J connectivity index is 2.39. The van der Waals surface area contributed by atoms with Crippen molar-refractivity contribution < 1.29 is 0 Å². The van der Waals surface area contributed by atoms with Gasteiger partial charge in [-0.05, 0) is 60.9 Å². The number of hydrogen-bond donors (Lipinski definition) is 1. The average Bonchev–Trinajstić information content (AvgIpc) is 2.27. The fraction of sp³-hybridized carbons (Fsp3) is 0.538. The van der Waals surface area contributed by atoms with Crippen LogP contribution in [-0.2, 0) is 6.42 Å². The Labute approximate surface area is 100 Å². The molecule has 0 saturated heterocycles. The van der Waals surface area contributed by atoms with E-state index in [4.69, 9.17) is 5.73 Å². The molecule has 2 heteroatoms. The van der Waals surface area contributed by atoms with Gasteiger partial charge in [0, 0.05) is 4.47 Å². The first kappa shape index (κ1) is 11.2. The molecule has 0 spiro atoms. The molecule has 1 aliphatic rings. The number of rotatable bonds is 2. The van der Waals surface area contributed by atoms with E-state index in [0.29, 0.717) is 11.8 Å². The molecule has 0 bridgehead atoms. The Morgan fingerprint density at radius 1 is 1.47 bits per heavy atom. The zero-order valence-electron chi connectivity index (χ0n) is 9.17. The number of nitrogens with two attached hydrogens (primary N) is 1. The summed E-state index contributed by atoms with van der Waals surface area (Å²) in [6.45, 7) is 3.09. The lowest BCUT2D eigenvalue weighted by molar-refractivity contribution is 0.372.